The summed E-state index contributed by atoms with van der Waals surface area (Å²) in [6.07, 6.45) is 2.70. The highest BCUT2D eigenvalue weighted by Gasteiger charge is 2.00. The summed E-state index contributed by atoms with van der Waals surface area (Å²) in [5.74, 6) is 1.67. The molecule has 0 radical (unpaired) electrons. The lowest BCUT2D eigenvalue weighted by atomic mass is 10.1. The number of rotatable bonds is 5. The Morgan fingerprint density at radius 3 is 2.57 bits per heavy atom. The molecule has 0 fully saturated rings. The molecule has 76 valence electrons. The Labute approximate surface area is 85.2 Å². The molecule has 0 aliphatic rings. The van der Waals surface area contributed by atoms with Crippen LogP contribution in [0.5, 0.6) is 11.5 Å². The van der Waals surface area contributed by atoms with Gasteiger partial charge in [0.1, 0.15) is 18.1 Å². The van der Waals surface area contributed by atoms with Crippen molar-refractivity contribution in [2.24, 2.45) is 0 Å². The molecule has 2 nitrogen and oxygen atoms in total. The van der Waals surface area contributed by atoms with Crippen LogP contribution in [0.1, 0.15) is 12.5 Å². The Morgan fingerprint density at radius 2 is 2.00 bits per heavy atom. The van der Waals surface area contributed by atoms with Crippen LogP contribution in [0.4, 0.5) is 0 Å². The zero-order valence-corrected chi connectivity index (χ0v) is 8.75. The number of methoxy groups -OCH3 is 1. The second-order valence-electron chi connectivity index (χ2n) is 2.97. The molecule has 0 N–H and O–H groups in total. The van der Waals surface area contributed by atoms with E-state index >= 15 is 0 Å². The molecule has 0 saturated heterocycles. The van der Waals surface area contributed by atoms with Gasteiger partial charge >= 0.3 is 0 Å². The lowest BCUT2D eigenvalue weighted by molar-refractivity contribution is 0.356. The zero-order valence-electron chi connectivity index (χ0n) is 8.75. The van der Waals surface area contributed by atoms with Crippen LogP contribution in [-0.4, -0.2) is 13.7 Å². The van der Waals surface area contributed by atoms with Crippen LogP contribution < -0.4 is 9.47 Å². The van der Waals surface area contributed by atoms with E-state index in [-0.39, 0.29) is 0 Å². The average Bonchev–Trinajstić information content (AvgIpc) is 2.25. The van der Waals surface area contributed by atoms with Crippen LogP contribution in [0.3, 0.4) is 0 Å². The first-order valence-corrected chi connectivity index (χ1v) is 4.71. The molecule has 14 heavy (non-hydrogen) atoms. The third-order valence-electron chi connectivity index (χ3n) is 1.95. The van der Waals surface area contributed by atoms with Gasteiger partial charge in [-0.3, -0.25) is 0 Å². The summed E-state index contributed by atoms with van der Waals surface area (Å²) in [5.41, 5.74) is 1.21. The van der Waals surface area contributed by atoms with Gasteiger partial charge in [-0.2, -0.15) is 0 Å². The maximum absolute atomic E-state index is 5.44. The minimum Gasteiger partial charge on any atom is -0.497 e. The van der Waals surface area contributed by atoms with E-state index in [0.717, 1.165) is 17.9 Å². The fourth-order valence-corrected chi connectivity index (χ4v) is 1.19. The quantitative estimate of drug-likeness (QED) is 0.668. The highest BCUT2D eigenvalue weighted by Crippen LogP contribution is 2.22. The molecule has 0 bridgehead atoms. The Morgan fingerprint density at radius 1 is 1.29 bits per heavy atom. The van der Waals surface area contributed by atoms with E-state index in [0.29, 0.717) is 6.61 Å². The van der Waals surface area contributed by atoms with Gasteiger partial charge in [0.2, 0.25) is 0 Å². The molecule has 0 saturated carbocycles. The van der Waals surface area contributed by atoms with Crippen LogP contribution >= 0.6 is 0 Å². The fraction of sp³-hybridized carbons (Fsp3) is 0.333. The second-order valence-corrected chi connectivity index (χ2v) is 2.97. The molecule has 0 atom stereocenters. The van der Waals surface area contributed by atoms with Gasteiger partial charge in [0.15, 0.2) is 0 Å². The number of aryl methyl sites for hydroxylation is 1. The number of hydrogen-bond donors (Lipinski definition) is 0. The topological polar surface area (TPSA) is 18.5 Å². The van der Waals surface area contributed by atoms with Crippen molar-refractivity contribution in [3.8, 4) is 11.5 Å². The first-order chi connectivity index (χ1) is 6.80. The molecule has 0 aliphatic heterocycles. The lowest BCUT2D eigenvalue weighted by Crippen LogP contribution is -1.95. The van der Waals surface area contributed by atoms with E-state index in [4.69, 9.17) is 9.47 Å². The van der Waals surface area contributed by atoms with Crippen LogP contribution in [0, 0.1) is 0 Å². The highest BCUT2D eigenvalue weighted by molar-refractivity contribution is 5.38. The van der Waals surface area contributed by atoms with Gasteiger partial charge in [-0.05, 0) is 24.1 Å². The average molecular weight is 192 g/mol. The Kier molecular flexibility index (Phi) is 4.05. The van der Waals surface area contributed by atoms with Crippen LogP contribution in [-0.2, 0) is 6.42 Å². The van der Waals surface area contributed by atoms with Crippen molar-refractivity contribution in [1.29, 1.82) is 0 Å². The van der Waals surface area contributed by atoms with E-state index in [1.165, 1.54) is 5.56 Å². The molecular formula is C12H16O2. The molecule has 2 heteroatoms. The minimum absolute atomic E-state index is 0.524. The maximum Gasteiger partial charge on any atom is 0.123 e. The van der Waals surface area contributed by atoms with Crippen molar-refractivity contribution in [3.63, 3.8) is 0 Å². The van der Waals surface area contributed by atoms with Crippen LogP contribution in [0.2, 0.25) is 0 Å². The summed E-state index contributed by atoms with van der Waals surface area (Å²) in [5, 5.41) is 0. The molecule has 0 aliphatic carbocycles. The molecular weight excluding hydrogens is 176 g/mol. The lowest BCUT2D eigenvalue weighted by Gasteiger charge is -2.08. The van der Waals surface area contributed by atoms with Crippen molar-refractivity contribution in [2.45, 2.75) is 13.3 Å². The van der Waals surface area contributed by atoms with Gasteiger partial charge < -0.3 is 9.47 Å². The number of benzene rings is 1. The van der Waals surface area contributed by atoms with Gasteiger partial charge in [-0.25, -0.2) is 0 Å². The third kappa shape index (κ3) is 2.80. The summed E-state index contributed by atoms with van der Waals surface area (Å²) < 4.78 is 10.6. The molecule has 1 aromatic carbocycles. The third-order valence-corrected chi connectivity index (χ3v) is 1.95. The largest absolute Gasteiger partial charge is 0.497 e. The van der Waals surface area contributed by atoms with E-state index in [1.807, 2.05) is 18.2 Å². The summed E-state index contributed by atoms with van der Waals surface area (Å²) >= 11 is 0. The number of ether oxygens (including phenoxy) is 2. The Hall–Kier alpha value is -1.44. The van der Waals surface area contributed by atoms with Crippen molar-refractivity contribution in [1.82, 2.24) is 0 Å². The summed E-state index contributed by atoms with van der Waals surface area (Å²) in [4.78, 5) is 0. The summed E-state index contributed by atoms with van der Waals surface area (Å²) in [6.45, 7) is 6.23. The monoisotopic (exact) mass is 192 g/mol. The van der Waals surface area contributed by atoms with Gasteiger partial charge in [0.25, 0.3) is 0 Å². The highest BCUT2D eigenvalue weighted by atomic mass is 16.5. The normalized spacial score (nSPS) is 9.57. The minimum atomic E-state index is 0.524. The maximum atomic E-state index is 5.44. The second kappa shape index (κ2) is 5.32. The van der Waals surface area contributed by atoms with E-state index < -0.39 is 0 Å². The standard InChI is InChI=1S/C12H16O2/c1-4-6-14-12-8-10(5-2)7-11(9-12)13-3/h4,7-9H,1,5-6H2,2-3H3. The predicted molar refractivity (Wildman–Crippen MR) is 58.1 cm³/mol. The Balaban J connectivity index is 2.86. The van der Waals surface area contributed by atoms with Crippen LogP contribution in [0.25, 0.3) is 0 Å². The van der Waals surface area contributed by atoms with Crippen molar-refractivity contribution < 1.29 is 9.47 Å². The van der Waals surface area contributed by atoms with Gasteiger partial charge in [0, 0.05) is 6.07 Å². The van der Waals surface area contributed by atoms with E-state index in [2.05, 4.69) is 13.5 Å². The molecule has 1 rings (SSSR count). The van der Waals surface area contributed by atoms with E-state index in [9.17, 15) is 0 Å². The zero-order chi connectivity index (χ0) is 10.4. The fourth-order valence-electron chi connectivity index (χ4n) is 1.19. The van der Waals surface area contributed by atoms with Gasteiger partial charge in [0.05, 0.1) is 7.11 Å². The van der Waals surface area contributed by atoms with Crippen molar-refractivity contribution >= 4 is 0 Å². The van der Waals surface area contributed by atoms with Gasteiger partial charge in [-0.1, -0.05) is 19.6 Å². The van der Waals surface area contributed by atoms with Crippen molar-refractivity contribution in [2.75, 3.05) is 13.7 Å². The molecule has 0 unspecified atom stereocenters. The number of hydrogen-bond acceptors (Lipinski definition) is 2. The SMILES string of the molecule is C=CCOc1cc(CC)cc(OC)c1. The summed E-state index contributed by atoms with van der Waals surface area (Å²) in [6, 6.07) is 5.91. The molecule has 0 heterocycles. The first-order valence-electron chi connectivity index (χ1n) is 4.71. The van der Waals surface area contributed by atoms with Gasteiger partial charge in [-0.15, -0.1) is 0 Å². The molecule has 1 aromatic rings. The molecule has 0 spiro atoms. The first kappa shape index (κ1) is 10.6. The van der Waals surface area contributed by atoms with Crippen molar-refractivity contribution in [3.05, 3.63) is 36.4 Å². The molecule has 0 aromatic heterocycles. The summed E-state index contributed by atoms with van der Waals surface area (Å²) in [7, 11) is 1.66. The molecule has 0 amide bonds. The predicted octanol–water partition coefficient (Wildman–Crippen LogP) is 2.82. The van der Waals surface area contributed by atoms with Crippen LogP contribution in [0.15, 0.2) is 30.9 Å². The van der Waals surface area contributed by atoms with E-state index in [1.54, 1.807) is 13.2 Å². The Bertz CT molecular complexity index is 283. The smallest absolute Gasteiger partial charge is 0.123 e.